The van der Waals surface area contributed by atoms with E-state index in [-0.39, 0.29) is 0 Å². The van der Waals surface area contributed by atoms with Crippen molar-refractivity contribution in [3.8, 4) is 11.3 Å². The first kappa shape index (κ1) is 14.1. The van der Waals surface area contributed by atoms with E-state index in [2.05, 4.69) is 34.3 Å². The fourth-order valence-electron chi connectivity index (χ4n) is 3.09. The summed E-state index contributed by atoms with van der Waals surface area (Å²) >= 11 is 1.79. The summed E-state index contributed by atoms with van der Waals surface area (Å²) in [6, 6.07) is 8.59. The lowest BCUT2D eigenvalue weighted by atomic mass is 10.0. The number of nitrogens with zero attached hydrogens (tertiary/aromatic N) is 4. The molecule has 5 heterocycles. The van der Waals surface area contributed by atoms with Crippen LogP contribution < -0.4 is 0 Å². The Balaban J connectivity index is 1.52. The minimum absolute atomic E-state index is 0.676. The van der Waals surface area contributed by atoms with Crippen molar-refractivity contribution in [3.63, 3.8) is 0 Å². The van der Waals surface area contributed by atoms with Gasteiger partial charge in [-0.25, -0.2) is 9.97 Å². The Bertz CT molecular complexity index is 1050. The molecule has 24 heavy (non-hydrogen) atoms. The molecule has 0 saturated carbocycles. The van der Waals surface area contributed by atoms with Crippen LogP contribution in [-0.4, -0.2) is 33.0 Å². The zero-order valence-corrected chi connectivity index (χ0v) is 14.1. The minimum atomic E-state index is 0.676. The van der Waals surface area contributed by atoms with Crippen LogP contribution >= 0.6 is 11.3 Å². The summed E-state index contributed by atoms with van der Waals surface area (Å²) in [7, 11) is 1.91. The van der Waals surface area contributed by atoms with Crippen molar-refractivity contribution in [2.75, 3.05) is 13.2 Å². The molecule has 1 aliphatic rings. The summed E-state index contributed by atoms with van der Waals surface area (Å²) < 4.78 is 7.06. The summed E-state index contributed by atoms with van der Waals surface area (Å²) in [6.07, 6.45) is 4.93. The van der Waals surface area contributed by atoms with Gasteiger partial charge in [0.2, 0.25) is 0 Å². The summed E-state index contributed by atoms with van der Waals surface area (Å²) in [6.45, 7) is 1.79. The van der Waals surface area contributed by atoms with Crippen molar-refractivity contribution in [1.29, 1.82) is 0 Å². The lowest BCUT2D eigenvalue weighted by Crippen LogP contribution is -2.28. The first-order chi connectivity index (χ1) is 11.7. The molecule has 1 aliphatic heterocycles. The van der Waals surface area contributed by atoms with E-state index in [1.807, 2.05) is 19.4 Å². The number of hydrogen-bond acceptors (Lipinski definition) is 5. The van der Waals surface area contributed by atoms with E-state index in [1.165, 1.54) is 10.3 Å². The highest BCUT2D eigenvalue weighted by molar-refractivity contribution is 7.18. The van der Waals surface area contributed by atoms with Crippen molar-refractivity contribution in [2.24, 2.45) is 13.0 Å². The van der Waals surface area contributed by atoms with E-state index in [9.17, 15) is 0 Å². The van der Waals surface area contributed by atoms with Gasteiger partial charge in [-0.15, -0.1) is 11.3 Å². The maximum atomic E-state index is 5.27. The molecule has 0 bridgehead atoms. The third-order valence-electron chi connectivity index (χ3n) is 4.40. The molecular formula is C18H16N4OS. The number of pyridine rings is 2. The third kappa shape index (κ3) is 2.39. The molecule has 0 N–H and O–H groups in total. The van der Waals surface area contributed by atoms with Crippen molar-refractivity contribution in [2.45, 2.75) is 6.42 Å². The average molecular weight is 336 g/mol. The number of thiophene rings is 1. The number of hydrogen-bond donors (Lipinski definition) is 0. The van der Waals surface area contributed by atoms with E-state index in [4.69, 9.17) is 9.72 Å². The number of rotatable bonds is 3. The average Bonchev–Trinajstić information content (AvgIpc) is 3.10. The molecule has 5 nitrogen and oxygen atoms in total. The molecule has 1 saturated heterocycles. The minimum Gasteiger partial charge on any atom is -0.381 e. The summed E-state index contributed by atoms with van der Waals surface area (Å²) in [4.78, 5) is 11.8. The number of ether oxygens (including phenoxy) is 1. The van der Waals surface area contributed by atoms with Crippen LogP contribution in [0.5, 0.6) is 0 Å². The highest BCUT2D eigenvalue weighted by atomic mass is 32.1. The standard InChI is InChI=1S/C18H16N4OS/c1-22-8-14-5-13(7-19-17(14)21-22)16-3-2-12-6-15(24-18(12)20-16)4-11-9-23-10-11/h2-3,5-8,11H,4,9-10H2,1H3. The molecule has 0 atom stereocenters. The van der Waals surface area contributed by atoms with E-state index in [1.54, 1.807) is 16.0 Å². The van der Waals surface area contributed by atoms with Crippen LogP contribution in [0.25, 0.3) is 32.5 Å². The molecular weight excluding hydrogens is 320 g/mol. The molecule has 0 aromatic carbocycles. The number of aryl methyl sites for hydroxylation is 1. The lowest BCUT2D eigenvalue weighted by Gasteiger charge is -2.25. The molecule has 120 valence electrons. The van der Waals surface area contributed by atoms with Gasteiger partial charge in [-0.2, -0.15) is 5.10 Å². The van der Waals surface area contributed by atoms with E-state index >= 15 is 0 Å². The Kier molecular flexibility index (Phi) is 3.14. The molecule has 4 aromatic heterocycles. The van der Waals surface area contributed by atoms with Gasteiger partial charge in [0.05, 0.1) is 18.9 Å². The highest BCUT2D eigenvalue weighted by Crippen LogP contribution is 2.30. The van der Waals surface area contributed by atoms with Crippen molar-refractivity contribution < 1.29 is 4.74 Å². The zero-order chi connectivity index (χ0) is 16.1. The van der Waals surface area contributed by atoms with Crippen LogP contribution in [0.4, 0.5) is 0 Å². The van der Waals surface area contributed by atoms with Gasteiger partial charge < -0.3 is 4.74 Å². The van der Waals surface area contributed by atoms with Gasteiger partial charge in [0, 0.05) is 46.6 Å². The Hall–Kier alpha value is -2.31. The first-order valence-corrected chi connectivity index (χ1v) is 8.83. The predicted octanol–water partition coefficient (Wildman–Crippen LogP) is 3.43. The lowest BCUT2D eigenvalue weighted by molar-refractivity contribution is -0.0308. The van der Waals surface area contributed by atoms with Crippen molar-refractivity contribution in [1.82, 2.24) is 19.7 Å². The fourth-order valence-corrected chi connectivity index (χ4v) is 4.23. The summed E-state index contributed by atoms with van der Waals surface area (Å²) in [5.74, 6) is 0.676. The van der Waals surface area contributed by atoms with Crippen LogP contribution in [0, 0.1) is 5.92 Å². The fraction of sp³-hybridized carbons (Fsp3) is 0.278. The zero-order valence-electron chi connectivity index (χ0n) is 13.3. The normalized spacial score (nSPS) is 15.2. The Labute approximate surface area is 142 Å². The number of aromatic nitrogens is 4. The Morgan fingerprint density at radius 1 is 1.25 bits per heavy atom. The predicted molar refractivity (Wildman–Crippen MR) is 95.1 cm³/mol. The van der Waals surface area contributed by atoms with Gasteiger partial charge >= 0.3 is 0 Å². The molecule has 1 fully saturated rings. The van der Waals surface area contributed by atoms with Gasteiger partial charge in [0.15, 0.2) is 5.65 Å². The van der Waals surface area contributed by atoms with Crippen LogP contribution in [-0.2, 0) is 18.2 Å². The molecule has 0 radical (unpaired) electrons. The SMILES string of the molecule is Cn1cc2cc(-c3ccc4cc(CC5COC5)sc4n3)cnc2n1. The van der Waals surface area contributed by atoms with Crippen LogP contribution in [0.1, 0.15) is 4.88 Å². The van der Waals surface area contributed by atoms with E-state index in [0.29, 0.717) is 5.92 Å². The Morgan fingerprint density at radius 3 is 3.00 bits per heavy atom. The second kappa shape index (κ2) is 5.36. The maximum absolute atomic E-state index is 5.27. The van der Waals surface area contributed by atoms with E-state index in [0.717, 1.165) is 46.8 Å². The monoisotopic (exact) mass is 336 g/mol. The molecule has 5 rings (SSSR count). The molecule has 4 aromatic rings. The van der Waals surface area contributed by atoms with Crippen LogP contribution in [0.2, 0.25) is 0 Å². The Morgan fingerprint density at radius 2 is 2.17 bits per heavy atom. The molecule has 0 aliphatic carbocycles. The second-order valence-corrected chi connectivity index (χ2v) is 7.47. The van der Waals surface area contributed by atoms with Crippen molar-refractivity contribution >= 4 is 32.6 Å². The van der Waals surface area contributed by atoms with Gasteiger partial charge in [0.1, 0.15) is 4.83 Å². The van der Waals surface area contributed by atoms with Gasteiger partial charge in [-0.1, -0.05) is 0 Å². The molecule has 6 heteroatoms. The quantitative estimate of drug-likeness (QED) is 0.575. The smallest absolute Gasteiger partial charge is 0.181 e. The molecule has 0 spiro atoms. The number of fused-ring (bicyclic) bond motifs is 2. The van der Waals surface area contributed by atoms with Gasteiger partial charge in [0.25, 0.3) is 0 Å². The summed E-state index contributed by atoms with van der Waals surface area (Å²) in [5, 5.41) is 6.57. The highest BCUT2D eigenvalue weighted by Gasteiger charge is 2.20. The largest absolute Gasteiger partial charge is 0.381 e. The molecule has 0 unspecified atom stereocenters. The third-order valence-corrected chi connectivity index (χ3v) is 5.47. The second-order valence-electron chi connectivity index (χ2n) is 6.35. The van der Waals surface area contributed by atoms with Crippen molar-refractivity contribution in [3.05, 3.63) is 41.5 Å². The molecule has 0 amide bonds. The van der Waals surface area contributed by atoms with Gasteiger partial charge in [-0.3, -0.25) is 4.68 Å². The van der Waals surface area contributed by atoms with Gasteiger partial charge in [-0.05, 0) is 30.7 Å². The van der Waals surface area contributed by atoms with Crippen LogP contribution in [0.15, 0.2) is 36.7 Å². The first-order valence-electron chi connectivity index (χ1n) is 8.01. The maximum Gasteiger partial charge on any atom is 0.181 e. The van der Waals surface area contributed by atoms with Crippen LogP contribution in [0.3, 0.4) is 0 Å². The topological polar surface area (TPSA) is 52.8 Å². The van der Waals surface area contributed by atoms with E-state index < -0.39 is 0 Å². The summed E-state index contributed by atoms with van der Waals surface area (Å²) in [5.41, 5.74) is 2.75.